The predicted octanol–water partition coefficient (Wildman–Crippen LogP) is 5.54. The van der Waals surface area contributed by atoms with E-state index in [0.29, 0.717) is 6.61 Å². The molecule has 3 aromatic rings. The third-order valence-corrected chi connectivity index (χ3v) is 5.30. The Labute approximate surface area is 158 Å². The van der Waals surface area contributed by atoms with E-state index in [-0.39, 0.29) is 0 Å². The molecule has 1 unspecified atom stereocenters. The van der Waals surface area contributed by atoms with Gasteiger partial charge in [0.25, 0.3) is 0 Å². The van der Waals surface area contributed by atoms with E-state index in [2.05, 4.69) is 36.2 Å². The molecule has 3 rings (SSSR count). The van der Waals surface area contributed by atoms with Crippen LogP contribution in [0.1, 0.15) is 29.5 Å². The zero-order valence-corrected chi connectivity index (χ0v) is 15.9. The molecule has 0 amide bonds. The van der Waals surface area contributed by atoms with Crippen molar-refractivity contribution in [3.05, 3.63) is 88.4 Å². The Morgan fingerprint density at radius 3 is 2.65 bits per heavy atom. The van der Waals surface area contributed by atoms with E-state index in [1.807, 2.05) is 54.1 Å². The molecule has 2 aromatic carbocycles. The molecule has 0 aliphatic heterocycles. The molecule has 0 saturated carbocycles. The lowest BCUT2D eigenvalue weighted by atomic mass is 9.91. The Morgan fingerprint density at radius 1 is 1.12 bits per heavy atom. The normalized spacial score (nSPS) is 13.6. The number of aromatic nitrogens is 1. The highest BCUT2D eigenvalue weighted by atomic mass is 32.1. The van der Waals surface area contributed by atoms with E-state index >= 15 is 0 Å². The molecule has 1 heterocycles. The molecular weight excluding hydrogens is 342 g/mol. The SMILES string of the molecule is CCC(OC)(c1cccc(OC/C=C/c2ccccc2)c1)c1nccs1. The average molecular weight is 365 g/mol. The summed E-state index contributed by atoms with van der Waals surface area (Å²) in [6, 6.07) is 18.3. The lowest BCUT2D eigenvalue weighted by Gasteiger charge is -2.30. The number of methoxy groups -OCH3 is 1. The van der Waals surface area contributed by atoms with Crippen LogP contribution in [0.2, 0.25) is 0 Å². The molecule has 0 fully saturated rings. The van der Waals surface area contributed by atoms with Crippen molar-refractivity contribution >= 4 is 17.4 Å². The summed E-state index contributed by atoms with van der Waals surface area (Å²) in [5, 5.41) is 2.94. The third kappa shape index (κ3) is 4.03. The van der Waals surface area contributed by atoms with Crippen molar-refractivity contribution in [2.75, 3.05) is 13.7 Å². The molecule has 4 heteroatoms. The van der Waals surface area contributed by atoms with Crippen molar-refractivity contribution in [1.29, 1.82) is 0 Å². The van der Waals surface area contributed by atoms with Crippen LogP contribution in [0.15, 0.2) is 72.3 Å². The topological polar surface area (TPSA) is 31.4 Å². The lowest BCUT2D eigenvalue weighted by molar-refractivity contribution is 0.0182. The summed E-state index contributed by atoms with van der Waals surface area (Å²) < 4.78 is 11.8. The fourth-order valence-electron chi connectivity index (χ4n) is 2.98. The second kappa shape index (κ2) is 8.79. The van der Waals surface area contributed by atoms with Crippen molar-refractivity contribution in [2.24, 2.45) is 0 Å². The van der Waals surface area contributed by atoms with Gasteiger partial charge in [-0.25, -0.2) is 4.98 Å². The minimum absolute atomic E-state index is 0.516. The zero-order valence-electron chi connectivity index (χ0n) is 15.1. The van der Waals surface area contributed by atoms with Gasteiger partial charge in [-0.05, 0) is 35.8 Å². The Hall–Kier alpha value is -2.43. The number of hydrogen-bond acceptors (Lipinski definition) is 4. The van der Waals surface area contributed by atoms with Crippen LogP contribution < -0.4 is 4.74 Å². The highest BCUT2D eigenvalue weighted by Gasteiger charge is 2.35. The summed E-state index contributed by atoms with van der Waals surface area (Å²) >= 11 is 1.61. The van der Waals surface area contributed by atoms with Crippen molar-refractivity contribution < 1.29 is 9.47 Å². The Morgan fingerprint density at radius 2 is 1.96 bits per heavy atom. The monoisotopic (exact) mass is 365 g/mol. The number of benzene rings is 2. The van der Waals surface area contributed by atoms with Crippen LogP contribution in [0.5, 0.6) is 5.75 Å². The van der Waals surface area contributed by atoms with Gasteiger partial charge in [0.1, 0.15) is 23.0 Å². The number of rotatable bonds is 8. The van der Waals surface area contributed by atoms with E-state index < -0.39 is 5.60 Å². The van der Waals surface area contributed by atoms with E-state index in [1.54, 1.807) is 18.4 Å². The molecule has 0 spiro atoms. The van der Waals surface area contributed by atoms with Crippen LogP contribution in [-0.2, 0) is 10.3 Å². The summed E-state index contributed by atoms with van der Waals surface area (Å²) in [6.45, 7) is 2.63. The molecule has 0 bridgehead atoms. The van der Waals surface area contributed by atoms with Crippen molar-refractivity contribution in [3.8, 4) is 5.75 Å². The van der Waals surface area contributed by atoms with Crippen molar-refractivity contribution in [3.63, 3.8) is 0 Å². The second-order valence-corrected chi connectivity index (χ2v) is 6.77. The van der Waals surface area contributed by atoms with Crippen LogP contribution in [-0.4, -0.2) is 18.7 Å². The Bertz CT molecular complexity index is 824. The van der Waals surface area contributed by atoms with E-state index in [9.17, 15) is 0 Å². The maximum Gasteiger partial charge on any atom is 0.144 e. The van der Waals surface area contributed by atoms with Crippen LogP contribution in [0.4, 0.5) is 0 Å². The predicted molar refractivity (Wildman–Crippen MR) is 108 cm³/mol. The first-order valence-corrected chi connectivity index (χ1v) is 9.56. The molecule has 0 aliphatic carbocycles. The van der Waals surface area contributed by atoms with Crippen molar-refractivity contribution in [1.82, 2.24) is 4.98 Å². The van der Waals surface area contributed by atoms with E-state index in [0.717, 1.165) is 28.3 Å². The first-order valence-electron chi connectivity index (χ1n) is 8.68. The molecule has 134 valence electrons. The molecule has 0 aliphatic rings. The molecule has 1 aromatic heterocycles. The van der Waals surface area contributed by atoms with Crippen LogP contribution >= 0.6 is 11.3 Å². The van der Waals surface area contributed by atoms with Crippen molar-refractivity contribution in [2.45, 2.75) is 18.9 Å². The van der Waals surface area contributed by atoms with Crippen LogP contribution in [0.3, 0.4) is 0 Å². The molecule has 3 nitrogen and oxygen atoms in total. The largest absolute Gasteiger partial charge is 0.490 e. The molecule has 1 atom stereocenters. The summed E-state index contributed by atoms with van der Waals surface area (Å²) in [7, 11) is 1.74. The highest BCUT2D eigenvalue weighted by Crippen LogP contribution is 2.38. The van der Waals surface area contributed by atoms with Gasteiger partial charge < -0.3 is 9.47 Å². The maximum atomic E-state index is 5.93. The van der Waals surface area contributed by atoms with Gasteiger partial charge in [0, 0.05) is 18.7 Å². The number of thiazole rings is 1. The summed E-state index contributed by atoms with van der Waals surface area (Å²) in [4.78, 5) is 4.49. The van der Waals surface area contributed by atoms with Gasteiger partial charge in [-0.1, -0.05) is 55.5 Å². The van der Waals surface area contributed by atoms with E-state index in [4.69, 9.17) is 9.47 Å². The van der Waals surface area contributed by atoms with Crippen LogP contribution in [0.25, 0.3) is 6.08 Å². The van der Waals surface area contributed by atoms with Gasteiger partial charge in [0.05, 0.1) is 0 Å². The standard InChI is InChI=1S/C22H23NO2S/c1-3-22(24-2,21-23-14-16-26-21)19-12-7-13-20(17-19)25-15-8-11-18-9-5-4-6-10-18/h4-14,16-17H,3,15H2,1-2H3/b11-8+. The van der Waals surface area contributed by atoms with Gasteiger partial charge in [-0.2, -0.15) is 0 Å². The Kier molecular flexibility index (Phi) is 6.21. The molecular formula is C22H23NO2S. The molecule has 0 saturated heterocycles. The molecule has 0 radical (unpaired) electrons. The fourth-order valence-corrected chi connectivity index (χ4v) is 3.89. The summed E-state index contributed by atoms with van der Waals surface area (Å²) in [5.41, 5.74) is 1.69. The van der Waals surface area contributed by atoms with Crippen LogP contribution in [0, 0.1) is 0 Å². The summed E-state index contributed by atoms with van der Waals surface area (Å²) in [6.07, 6.45) is 6.70. The van der Waals surface area contributed by atoms with Gasteiger partial charge >= 0.3 is 0 Å². The lowest BCUT2D eigenvalue weighted by Crippen LogP contribution is -2.29. The first kappa shape index (κ1) is 18.4. The second-order valence-electron chi connectivity index (χ2n) is 5.87. The summed E-state index contributed by atoms with van der Waals surface area (Å²) in [5.74, 6) is 0.826. The molecule has 26 heavy (non-hydrogen) atoms. The van der Waals surface area contributed by atoms with Gasteiger partial charge in [-0.15, -0.1) is 11.3 Å². The van der Waals surface area contributed by atoms with Gasteiger partial charge in [-0.3, -0.25) is 0 Å². The number of nitrogens with zero attached hydrogens (tertiary/aromatic N) is 1. The number of ether oxygens (including phenoxy) is 2. The number of hydrogen-bond donors (Lipinski definition) is 0. The highest BCUT2D eigenvalue weighted by molar-refractivity contribution is 7.09. The maximum absolute atomic E-state index is 5.93. The zero-order chi connectivity index (χ0) is 18.2. The Balaban J connectivity index is 1.74. The third-order valence-electron chi connectivity index (χ3n) is 4.38. The van der Waals surface area contributed by atoms with Gasteiger partial charge in [0.2, 0.25) is 0 Å². The first-order chi connectivity index (χ1) is 12.8. The molecule has 0 N–H and O–H groups in total. The fraction of sp³-hybridized carbons (Fsp3) is 0.227. The van der Waals surface area contributed by atoms with E-state index in [1.165, 1.54) is 0 Å². The smallest absolute Gasteiger partial charge is 0.144 e. The quantitative estimate of drug-likeness (QED) is 0.525. The minimum atomic E-state index is -0.534. The van der Waals surface area contributed by atoms with Gasteiger partial charge in [0.15, 0.2) is 0 Å². The average Bonchev–Trinajstić information content (AvgIpc) is 3.23. The minimum Gasteiger partial charge on any atom is -0.490 e.